The number of hydrogen-bond acceptors (Lipinski definition) is 5. The highest BCUT2D eigenvalue weighted by molar-refractivity contribution is 5.98. The van der Waals surface area contributed by atoms with Gasteiger partial charge in [0, 0.05) is 24.0 Å². The molecule has 7 nitrogen and oxygen atoms in total. The maximum Gasteiger partial charge on any atom is 0.251 e. The zero-order valence-corrected chi connectivity index (χ0v) is 23.2. The highest BCUT2D eigenvalue weighted by atomic mass is 16.5. The largest absolute Gasteiger partial charge is 0.487 e. The molecule has 2 aromatic rings. The minimum Gasteiger partial charge on any atom is -0.487 e. The molecular weight excluding hydrogens is 488 g/mol. The lowest BCUT2D eigenvalue weighted by molar-refractivity contribution is -0.120. The van der Waals surface area contributed by atoms with Gasteiger partial charge in [-0.2, -0.15) is 0 Å². The first-order valence-electron chi connectivity index (χ1n) is 14.1. The van der Waals surface area contributed by atoms with E-state index in [1.807, 2.05) is 26.0 Å². The Balaban J connectivity index is 0.00000137. The summed E-state index contributed by atoms with van der Waals surface area (Å²) in [5.41, 5.74) is 11.0. The Bertz CT molecular complexity index is 1200. The van der Waals surface area contributed by atoms with Crippen LogP contribution in [0.5, 0.6) is 5.75 Å². The van der Waals surface area contributed by atoms with Crippen molar-refractivity contribution in [3.8, 4) is 5.75 Å². The number of nitrogens with two attached hydrogens (primary N) is 1. The van der Waals surface area contributed by atoms with E-state index in [-0.39, 0.29) is 42.9 Å². The molecule has 2 amide bonds. The number of ether oxygens (including phenoxy) is 1. The minimum absolute atomic E-state index is 0. The van der Waals surface area contributed by atoms with Crippen molar-refractivity contribution in [2.45, 2.75) is 111 Å². The zero-order valence-electron chi connectivity index (χ0n) is 23.2. The standard InChI is InChI=1S/C29H36N4O3.C2H6.CH4/c1-29(2)17-24(32-27(35)21-12-11-19-7-5-8-20(19)15-21)23-14-18(10-13-25(23)36-29)6-3-4-9-22-16-26(34)33-28(30)31-22;1-2;/h10-15,22,24H,3-9,16-17H2,1-2H3,(H,32,35)(H3,30,31,33,34);1-2H3;1H4. The molecule has 2 heterocycles. The first kappa shape index (κ1) is 30.2. The van der Waals surface area contributed by atoms with Crippen molar-refractivity contribution in [3.05, 3.63) is 64.2 Å². The maximum atomic E-state index is 13.2. The lowest BCUT2D eigenvalue weighted by Gasteiger charge is -2.38. The summed E-state index contributed by atoms with van der Waals surface area (Å²) in [6.07, 6.45) is 8.16. The molecule has 212 valence electrons. The van der Waals surface area contributed by atoms with Gasteiger partial charge in [0.25, 0.3) is 5.91 Å². The molecule has 0 aromatic heterocycles. The van der Waals surface area contributed by atoms with Crippen molar-refractivity contribution in [2.75, 3.05) is 0 Å². The van der Waals surface area contributed by atoms with Gasteiger partial charge in [-0.25, -0.2) is 4.99 Å². The highest BCUT2D eigenvalue weighted by Gasteiger charge is 2.35. The number of hydrogen-bond donors (Lipinski definition) is 3. The highest BCUT2D eigenvalue weighted by Crippen LogP contribution is 2.40. The van der Waals surface area contributed by atoms with Crippen LogP contribution in [0.1, 0.15) is 112 Å². The van der Waals surface area contributed by atoms with Crippen LogP contribution in [0, 0.1) is 0 Å². The summed E-state index contributed by atoms with van der Waals surface area (Å²) in [6, 6.07) is 12.3. The Morgan fingerprint density at radius 1 is 1.13 bits per heavy atom. The Kier molecular flexibility index (Phi) is 10.2. The Morgan fingerprint density at radius 3 is 2.67 bits per heavy atom. The predicted molar refractivity (Wildman–Crippen MR) is 158 cm³/mol. The van der Waals surface area contributed by atoms with Crippen molar-refractivity contribution in [2.24, 2.45) is 10.7 Å². The third-order valence-corrected chi connectivity index (χ3v) is 7.46. The van der Waals surface area contributed by atoms with E-state index in [9.17, 15) is 9.59 Å². The summed E-state index contributed by atoms with van der Waals surface area (Å²) in [5.74, 6) is 0.979. The number of unbranched alkanes of at least 4 members (excludes halogenated alkanes) is 1. The van der Waals surface area contributed by atoms with Gasteiger partial charge in [0.15, 0.2) is 5.96 Å². The van der Waals surface area contributed by atoms with Crippen molar-refractivity contribution in [1.82, 2.24) is 10.6 Å². The van der Waals surface area contributed by atoms with Gasteiger partial charge in [-0.05, 0) is 87.3 Å². The lowest BCUT2D eigenvalue weighted by atomic mass is 9.88. The number of nitrogens with one attached hydrogen (secondary N) is 2. The number of benzene rings is 2. The van der Waals surface area contributed by atoms with E-state index < -0.39 is 0 Å². The quantitative estimate of drug-likeness (QED) is 0.391. The Labute approximate surface area is 234 Å². The number of rotatable bonds is 7. The van der Waals surface area contributed by atoms with E-state index in [0.717, 1.165) is 55.4 Å². The number of carbonyl (C=O) groups is 2. The van der Waals surface area contributed by atoms with Crippen molar-refractivity contribution in [1.29, 1.82) is 0 Å². The molecule has 2 aliphatic heterocycles. The van der Waals surface area contributed by atoms with Crippen LogP contribution in [0.4, 0.5) is 0 Å². The molecule has 0 bridgehead atoms. The molecule has 0 saturated heterocycles. The summed E-state index contributed by atoms with van der Waals surface area (Å²) in [7, 11) is 0. The third-order valence-electron chi connectivity index (χ3n) is 7.46. The van der Waals surface area contributed by atoms with E-state index in [1.54, 1.807) is 0 Å². The molecule has 39 heavy (non-hydrogen) atoms. The van der Waals surface area contributed by atoms with Crippen LogP contribution in [0.15, 0.2) is 41.4 Å². The molecule has 0 fully saturated rings. The second-order valence-corrected chi connectivity index (χ2v) is 11.0. The van der Waals surface area contributed by atoms with Gasteiger partial charge in [0.1, 0.15) is 11.4 Å². The van der Waals surface area contributed by atoms with Gasteiger partial charge in [-0.3, -0.25) is 14.9 Å². The predicted octanol–water partition coefficient (Wildman–Crippen LogP) is 5.79. The summed E-state index contributed by atoms with van der Waals surface area (Å²) < 4.78 is 6.26. The topological polar surface area (TPSA) is 106 Å². The van der Waals surface area contributed by atoms with Crippen LogP contribution in [-0.2, 0) is 24.1 Å². The number of nitrogens with zero attached hydrogens (tertiary/aromatic N) is 1. The van der Waals surface area contributed by atoms with E-state index in [0.29, 0.717) is 12.8 Å². The van der Waals surface area contributed by atoms with E-state index >= 15 is 0 Å². The molecule has 5 rings (SSSR count). The van der Waals surface area contributed by atoms with Gasteiger partial charge in [-0.1, -0.05) is 45.9 Å². The number of guanidine groups is 1. The number of aryl methyl sites for hydroxylation is 3. The smallest absolute Gasteiger partial charge is 0.251 e. The summed E-state index contributed by atoms with van der Waals surface area (Å²) in [4.78, 5) is 29.2. The van der Waals surface area contributed by atoms with Crippen LogP contribution in [0.3, 0.4) is 0 Å². The molecule has 0 saturated carbocycles. The molecule has 4 N–H and O–H groups in total. The molecule has 3 aliphatic rings. The molecule has 2 atom stereocenters. The van der Waals surface area contributed by atoms with Crippen LogP contribution in [0.2, 0.25) is 0 Å². The van der Waals surface area contributed by atoms with Crippen LogP contribution >= 0.6 is 0 Å². The van der Waals surface area contributed by atoms with Crippen LogP contribution < -0.4 is 21.1 Å². The first-order valence-corrected chi connectivity index (χ1v) is 14.1. The third kappa shape index (κ3) is 7.61. The number of carbonyl (C=O) groups excluding carboxylic acids is 2. The first-order chi connectivity index (χ1) is 18.3. The molecular formula is C32H46N4O3. The van der Waals surface area contributed by atoms with Gasteiger partial charge in [0.05, 0.1) is 12.1 Å². The molecule has 2 unspecified atom stereocenters. The fraction of sp³-hybridized carbons (Fsp3) is 0.531. The van der Waals surface area contributed by atoms with Gasteiger partial charge >= 0.3 is 0 Å². The number of fused-ring (bicyclic) bond motifs is 2. The van der Waals surface area contributed by atoms with Crippen molar-refractivity contribution >= 4 is 17.8 Å². The minimum atomic E-state index is -0.362. The van der Waals surface area contributed by atoms with Crippen molar-refractivity contribution in [3.63, 3.8) is 0 Å². The van der Waals surface area contributed by atoms with E-state index in [2.05, 4.69) is 53.7 Å². The average molecular weight is 535 g/mol. The monoisotopic (exact) mass is 534 g/mol. The lowest BCUT2D eigenvalue weighted by Crippen LogP contribution is -2.43. The Morgan fingerprint density at radius 2 is 1.90 bits per heavy atom. The maximum absolute atomic E-state index is 13.2. The second kappa shape index (κ2) is 13.1. The number of amides is 2. The molecule has 1 aliphatic carbocycles. The molecule has 0 spiro atoms. The summed E-state index contributed by atoms with van der Waals surface area (Å²) in [6.45, 7) is 8.14. The molecule has 0 radical (unpaired) electrons. The van der Waals surface area contributed by atoms with Crippen LogP contribution in [0.25, 0.3) is 0 Å². The van der Waals surface area contributed by atoms with Gasteiger partial charge in [0.2, 0.25) is 5.91 Å². The fourth-order valence-corrected chi connectivity index (χ4v) is 5.70. The fourth-order valence-electron chi connectivity index (χ4n) is 5.70. The van der Waals surface area contributed by atoms with Gasteiger partial charge < -0.3 is 15.8 Å². The van der Waals surface area contributed by atoms with E-state index in [1.165, 1.54) is 23.1 Å². The van der Waals surface area contributed by atoms with Crippen molar-refractivity contribution < 1.29 is 14.3 Å². The van der Waals surface area contributed by atoms with Crippen LogP contribution in [-0.4, -0.2) is 29.4 Å². The summed E-state index contributed by atoms with van der Waals surface area (Å²) >= 11 is 0. The van der Waals surface area contributed by atoms with E-state index in [4.69, 9.17) is 10.5 Å². The number of aliphatic imine (C=N–C) groups is 1. The average Bonchev–Trinajstić information content (AvgIpc) is 3.35. The molecule has 7 heteroatoms. The summed E-state index contributed by atoms with van der Waals surface area (Å²) in [5, 5.41) is 5.85. The second-order valence-electron chi connectivity index (χ2n) is 11.0. The van der Waals surface area contributed by atoms with Gasteiger partial charge in [-0.15, -0.1) is 0 Å². The molecule has 2 aromatic carbocycles. The zero-order chi connectivity index (χ0) is 27.3. The Hall–Kier alpha value is -3.35. The SMILES string of the molecule is C.CC.CC1(C)CC(NC(=O)c2ccc3c(c2)CCC3)c2cc(CCCCC3CC(=O)NC(N)=N3)ccc2O1. The normalized spacial score (nSPS) is 20.5.